The average molecular weight is 326 g/mol. The molecule has 5 nitrogen and oxygen atoms in total. The first kappa shape index (κ1) is 15.1. The molecular formula is C17H15N2O3P. The van der Waals surface area contributed by atoms with E-state index in [1.165, 1.54) is 0 Å². The third-order valence-corrected chi connectivity index (χ3v) is 4.26. The van der Waals surface area contributed by atoms with Gasteiger partial charge >= 0.3 is 7.75 Å². The second kappa shape index (κ2) is 6.99. The summed E-state index contributed by atoms with van der Waals surface area (Å²) in [6.45, 7) is 0. The summed E-state index contributed by atoms with van der Waals surface area (Å²) in [6.07, 6.45) is 1.59. The summed E-state index contributed by atoms with van der Waals surface area (Å²) in [4.78, 5) is 4.10. The highest BCUT2D eigenvalue weighted by Crippen LogP contribution is 2.47. The van der Waals surface area contributed by atoms with Crippen LogP contribution in [0.15, 0.2) is 85.1 Å². The average Bonchev–Trinajstić information content (AvgIpc) is 2.57. The Morgan fingerprint density at radius 1 is 0.739 bits per heavy atom. The largest absolute Gasteiger partial charge is 0.542 e. The zero-order valence-corrected chi connectivity index (χ0v) is 13.1. The van der Waals surface area contributed by atoms with E-state index < -0.39 is 7.75 Å². The summed E-state index contributed by atoms with van der Waals surface area (Å²) in [6, 6.07) is 23.0. The minimum atomic E-state index is -3.70. The quantitative estimate of drug-likeness (QED) is 0.662. The van der Waals surface area contributed by atoms with Gasteiger partial charge < -0.3 is 9.05 Å². The zero-order valence-electron chi connectivity index (χ0n) is 12.2. The first-order chi connectivity index (χ1) is 11.2. The highest BCUT2D eigenvalue weighted by Gasteiger charge is 2.29. The molecule has 116 valence electrons. The van der Waals surface area contributed by atoms with Crippen molar-refractivity contribution in [3.8, 4) is 11.5 Å². The van der Waals surface area contributed by atoms with Crippen molar-refractivity contribution in [2.24, 2.45) is 0 Å². The van der Waals surface area contributed by atoms with E-state index in [1.807, 2.05) is 12.1 Å². The molecular weight excluding hydrogens is 311 g/mol. The molecule has 23 heavy (non-hydrogen) atoms. The van der Waals surface area contributed by atoms with E-state index in [9.17, 15) is 4.57 Å². The van der Waals surface area contributed by atoms with Gasteiger partial charge in [0.25, 0.3) is 0 Å². The molecule has 0 radical (unpaired) electrons. The summed E-state index contributed by atoms with van der Waals surface area (Å²) >= 11 is 0. The van der Waals surface area contributed by atoms with Crippen LogP contribution in [0.25, 0.3) is 0 Å². The molecule has 0 spiro atoms. The van der Waals surface area contributed by atoms with Crippen LogP contribution in [0.4, 0.5) is 5.82 Å². The van der Waals surface area contributed by atoms with Crippen molar-refractivity contribution in [1.29, 1.82) is 0 Å². The van der Waals surface area contributed by atoms with Gasteiger partial charge in [-0.25, -0.2) is 9.55 Å². The lowest BCUT2D eigenvalue weighted by Crippen LogP contribution is -2.10. The van der Waals surface area contributed by atoms with Gasteiger partial charge in [-0.1, -0.05) is 42.5 Å². The monoisotopic (exact) mass is 326 g/mol. The number of aromatic nitrogens is 1. The summed E-state index contributed by atoms with van der Waals surface area (Å²) in [5, 5.41) is 2.75. The topological polar surface area (TPSA) is 60.5 Å². The third-order valence-electron chi connectivity index (χ3n) is 2.85. The highest BCUT2D eigenvalue weighted by molar-refractivity contribution is 7.56. The Balaban J connectivity index is 1.87. The summed E-state index contributed by atoms with van der Waals surface area (Å²) < 4.78 is 24.3. The fraction of sp³-hybridized carbons (Fsp3) is 0. The van der Waals surface area contributed by atoms with Crippen molar-refractivity contribution in [3.05, 3.63) is 85.1 Å². The minimum absolute atomic E-state index is 0.405. The van der Waals surface area contributed by atoms with Gasteiger partial charge in [0, 0.05) is 6.20 Å². The Labute approximate surface area is 134 Å². The van der Waals surface area contributed by atoms with Crippen LogP contribution >= 0.6 is 7.75 Å². The molecule has 3 rings (SSSR count). The van der Waals surface area contributed by atoms with Crippen molar-refractivity contribution >= 4 is 13.6 Å². The molecule has 0 fully saturated rings. The predicted molar refractivity (Wildman–Crippen MR) is 89.6 cm³/mol. The minimum Gasteiger partial charge on any atom is -0.400 e. The van der Waals surface area contributed by atoms with Crippen molar-refractivity contribution < 1.29 is 13.6 Å². The second-order valence-electron chi connectivity index (χ2n) is 4.63. The van der Waals surface area contributed by atoms with Gasteiger partial charge in [-0.05, 0) is 36.4 Å². The predicted octanol–water partition coefficient (Wildman–Crippen LogP) is 4.76. The zero-order chi connectivity index (χ0) is 16.0. The lowest BCUT2D eigenvalue weighted by Gasteiger charge is -2.20. The number of benzene rings is 2. The summed E-state index contributed by atoms with van der Waals surface area (Å²) in [7, 11) is -3.70. The lowest BCUT2D eigenvalue weighted by atomic mass is 10.3. The molecule has 0 aliphatic rings. The molecule has 0 atom stereocenters. The number of hydrogen-bond donors (Lipinski definition) is 1. The second-order valence-corrected chi connectivity index (χ2v) is 6.22. The smallest absolute Gasteiger partial charge is 0.400 e. The van der Waals surface area contributed by atoms with Gasteiger partial charge in [0.15, 0.2) is 0 Å². The molecule has 1 heterocycles. The number of nitrogens with zero attached hydrogens (tertiary/aromatic N) is 1. The van der Waals surface area contributed by atoms with Crippen molar-refractivity contribution in [2.45, 2.75) is 0 Å². The molecule has 0 saturated carbocycles. The Bertz CT molecular complexity index is 675. The van der Waals surface area contributed by atoms with E-state index in [4.69, 9.17) is 9.05 Å². The van der Waals surface area contributed by atoms with Crippen LogP contribution in [0, 0.1) is 0 Å². The highest BCUT2D eigenvalue weighted by atomic mass is 31.2. The van der Waals surface area contributed by atoms with Crippen LogP contribution in [0.5, 0.6) is 11.5 Å². The Hall–Kier alpha value is -2.78. The van der Waals surface area contributed by atoms with Crippen LogP contribution in [-0.2, 0) is 4.57 Å². The van der Waals surface area contributed by atoms with Gasteiger partial charge in [0.05, 0.1) is 0 Å². The molecule has 0 saturated heterocycles. The molecule has 0 bridgehead atoms. The fourth-order valence-electron chi connectivity index (χ4n) is 1.87. The molecule has 3 aromatic rings. The molecule has 0 unspecified atom stereocenters. The van der Waals surface area contributed by atoms with Crippen molar-refractivity contribution in [1.82, 2.24) is 4.98 Å². The Morgan fingerprint density at radius 3 is 1.74 bits per heavy atom. The van der Waals surface area contributed by atoms with E-state index >= 15 is 0 Å². The first-order valence-electron chi connectivity index (χ1n) is 7.02. The SMILES string of the molecule is O=P(Nc1ccccn1)(Oc1ccccc1)Oc1ccccc1. The van der Waals surface area contributed by atoms with Gasteiger partial charge in [-0.15, -0.1) is 0 Å². The normalized spacial score (nSPS) is 10.8. The van der Waals surface area contributed by atoms with Crippen molar-refractivity contribution in [3.63, 3.8) is 0 Å². The van der Waals surface area contributed by atoms with E-state index in [-0.39, 0.29) is 0 Å². The molecule has 6 heteroatoms. The number of anilines is 1. The lowest BCUT2D eigenvalue weighted by molar-refractivity contribution is 0.392. The van der Waals surface area contributed by atoms with E-state index in [2.05, 4.69) is 10.1 Å². The first-order valence-corrected chi connectivity index (χ1v) is 8.56. The molecule has 0 amide bonds. The molecule has 2 aromatic carbocycles. The van der Waals surface area contributed by atoms with E-state index in [1.54, 1.807) is 72.9 Å². The van der Waals surface area contributed by atoms with Gasteiger partial charge in [-0.2, -0.15) is 0 Å². The van der Waals surface area contributed by atoms with Crippen molar-refractivity contribution in [2.75, 3.05) is 5.09 Å². The summed E-state index contributed by atoms with van der Waals surface area (Å²) in [5.74, 6) is 1.29. The van der Waals surface area contributed by atoms with Gasteiger partial charge in [0.2, 0.25) is 0 Å². The number of rotatable bonds is 6. The number of hydrogen-bond acceptors (Lipinski definition) is 4. The van der Waals surface area contributed by atoms with Gasteiger partial charge in [-0.3, -0.25) is 5.09 Å². The maximum Gasteiger partial charge on any atom is 0.542 e. The molecule has 1 aromatic heterocycles. The van der Waals surface area contributed by atoms with Gasteiger partial charge in [0.1, 0.15) is 17.3 Å². The van der Waals surface area contributed by atoms with Crippen LogP contribution in [-0.4, -0.2) is 4.98 Å². The fourth-order valence-corrected chi connectivity index (χ4v) is 3.21. The Kier molecular flexibility index (Phi) is 4.60. The number of nitrogens with one attached hydrogen (secondary N) is 1. The molecule has 0 aliphatic heterocycles. The van der Waals surface area contributed by atoms with Crippen LogP contribution in [0.2, 0.25) is 0 Å². The number of pyridine rings is 1. The van der Waals surface area contributed by atoms with E-state index in [0.717, 1.165) is 0 Å². The maximum atomic E-state index is 13.1. The van der Waals surface area contributed by atoms with Crippen LogP contribution in [0.1, 0.15) is 0 Å². The van der Waals surface area contributed by atoms with Crippen LogP contribution < -0.4 is 14.1 Å². The van der Waals surface area contributed by atoms with Crippen LogP contribution in [0.3, 0.4) is 0 Å². The third kappa shape index (κ3) is 4.34. The summed E-state index contributed by atoms with van der Waals surface area (Å²) in [5.41, 5.74) is 0. The number of para-hydroxylation sites is 2. The Morgan fingerprint density at radius 2 is 1.26 bits per heavy atom. The molecule has 0 aliphatic carbocycles. The molecule has 1 N–H and O–H groups in total. The van der Waals surface area contributed by atoms with E-state index in [0.29, 0.717) is 17.3 Å². The standard InChI is InChI=1S/C17H15N2O3P/c20-23(19-17-13-7-8-14-18-17,21-15-9-3-1-4-10-15)22-16-11-5-2-6-12-16/h1-14H,(H,18,19,20). The maximum absolute atomic E-state index is 13.1.